The maximum Gasteiger partial charge on any atom is 0.193 e. The lowest BCUT2D eigenvalue weighted by atomic mass is 10.3. The van der Waals surface area contributed by atoms with E-state index in [1.54, 1.807) is 6.92 Å². The van der Waals surface area contributed by atoms with E-state index in [9.17, 15) is 0 Å². The SMILES string of the molecule is CC(O)CN=C(N)Nc1cccc(Oc2ccccc2)c1.I. The van der Waals surface area contributed by atoms with Crippen LogP contribution in [0.5, 0.6) is 11.5 Å². The summed E-state index contributed by atoms with van der Waals surface area (Å²) in [4.78, 5) is 4.03. The number of guanidine groups is 1. The summed E-state index contributed by atoms with van der Waals surface area (Å²) in [5.41, 5.74) is 6.52. The van der Waals surface area contributed by atoms with Gasteiger partial charge >= 0.3 is 0 Å². The monoisotopic (exact) mass is 413 g/mol. The third-order valence-electron chi connectivity index (χ3n) is 2.61. The van der Waals surface area contributed by atoms with Crippen LogP contribution in [0.3, 0.4) is 0 Å². The molecule has 0 saturated heterocycles. The molecule has 0 heterocycles. The Hall–Kier alpha value is -1.80. The molecule has 0 aliphatic rings. The van der Waals surface area contributed by atoms with Crippen LogP contribution in [0.15, 0.2) is 59.6 Å². The first-order chi connectivity index (χ1) is 10.1. The minimum atomic E-state index is -0.516. The van der Waals surface area contributed by atoms with Gasteiger partial charge in [0.15, 0.2) is 5.96 Å². The van der Waals surface area contributed by atoms with Crippen molar-refractivity contribution in [3.05, 3.63) is 54.6 Å². The van der Waals surface area contributed by atoms with Crippen molar-refractivity contribution in [2.45, 2.75) is 13.0 Å². The summed E-state index contributed by atoms with van der Waals surface area (Å²) in [6.45, 7) is 1.92. The number of aliphatic imine (C=N–C) groups is 1. The zero-order valence-corrected chi connectivity index (χ0v) is 14.6. The second-order valence-electron chi connectivity index (χ2n) is 4.64. The van der Waals surface area contributed by atoms with Gasteiger partial charge in [0.2, 0.25) is 0 Å². The highest BCUT2D eigenvalue weighted by Crippen LogP contribution is 2.23. The first-order valence-electron chi connectivity index (χ1n) is 6.71. The fourth-order valence-corrected chi connectivity index (χ4v) is 1.68. The second-order valence-corrected chi connectivity index (χ2v) is 4.64. The van der Waals surface area contributed by atoms with Crippen molar-refractivity contribution in [3.63, 3.8) is 0 Å². The average Bonchev–Trinajstić information content (AvgIpc) is 2.46. The minimum absolute atomic E-state index is 0. The molecule has 0 saturated carbocycles. The van der Waals surface area contributed by atoms with Gasteiger partial charge in [0.25, 0.3) is 0 Å². The summed E-state index contributed by atoms with van der Waals surface area (Å²) >= 11 is 0. The number of halogens is 1. The highest BCUT2D eigenvalue weighted by molar-refractivity contribution is 14.0. The fourth-order valence-electron chi connectivity index (χ4n) is 1.68. The third kappa shape index (κ3) is 6.31. The van der Waals surface area contributed by atoms with E-state index < -0.39 is 6.10 Å². The van der Waals surface area contributed by atoms with Crippen LogP contribution in [0.2, 0.25) is 0 Å². The number of nitrogens with zero attached hydrogens (tertiary/aromatic N) is 1. The normalized spacial score (nSPS) is 12.2. The number of nitrogens with one attached hydrogen (secondary N) is 1. The molecule has 1 unspecified atom stereocenters. The van der Waals surface area contributed by atoms with E-state index in [4.69, 9.17) is 15.6 Å². The van der Waals surface area contributed by atoms with Crippen LogP contribution in [-0.2, 0) is 0 Å². The quantitative estimate of drug-likeness (QED) is 0.400. The molecule has 2 aromatic carbocycles. The molecule has 0 aromatic heterocycles. The van der Waals surface area contributed by atoms with Crippen molar-refractivity contribution < 1.29 is 9.84 Å². The van der Waals surface area contributed by atoms with Gasteiger partial charge in [0, 0.05) is 11.8 Å². The Bertz CT molecular complexity index is 603. The van der Waals surface area contributed by atoms with Crippen molar-refractivity contribution in [2.24, 2.45) is 10.7 Å². The molecule has 2 rings (SSSR count). The van der Waals surface area contributed by atoms with Crippen LogP contribution >= 0.6 is 24.0 Å². The summed E-state index contributed by atoms with van der Waals surface area (Å²) in [7, 11) is 0. The van der Waals surface area contributed by atoms with E-state index in [0.29, 0.717) is 5.75 Å². The number of benzene rings is 2. The molecule has 0 amide bonds. The number of aliphatic hydroxyl groups is 1. The van der Waals surface area contributed by atoms with Crippen LogP contribution in [0.1, 0.15) is 6.92 Å². The number of nitrogens with two attached hydrogens (primary N) is 1. The van der Waals surface area contributed by atoms with Crippen LogP contribution in [0.4, 0.5) is 5.69 Å². The molecule has 0 spiro atoms. The second kappa shape index (κ2) is 9.26. The average molecular weight is 413 g/mol. The van der Waals surface area contributed by atoms with Crippen LogP contribution in [0.25, 0.3) is 0 Å². The highest BCUT2D eigenvalue weighted by Gasteiger charge is 2.00. The Morgan fingerprint density at radius 2 is 1.86 bits per heavy atom. The lowest BCUT2D eigenvalue weighted by Gasteiger charge is -2.09. The zero-order chi connectivity index (χ0) is 15.1. The Labute approximate surface area is 147 Å². The Morgan fingerprint density at radius 1 is 1.18 bits per heavy atom. The number of para-hydroxylation sites is 1. The fraction of sp³-hybridized carbons (Fsp3) is 0.188. The van der Waals surface area contributed by atoms with E-state index in [2.05, 4.69) is 10.3 Å². The Morgan fingerprint density at radius 3 is 2.55 bits per heavy atom. The molecule has 6 heteroatoms. The summed E-state index contributed by atoms with van der Waals surface area (Å²) in [5.74, 6) is 1.73. The molecule has 22 heavy (non-hydrogen) atoms. The molecule has 5 nitrogen and oxygen atoms in total. The largest absolute Gasteiger partial charge is 0.457 e. The van der Waals surface area contributed by atoms with Crippen LogP contribution in [0, 0.1) is 0 Å². The Kier molecular flexibility index (Phi) is 7.69. The van der Waals surface area contributed by atoms with E-state index in [-0.39, 0.29) is 36.5 Å². The molecule has 1 atom stereocenters. The third-order valence-corrected chi connectivity index (χ3v) is 2.61. The predicted molar refractivity (Wildman–Crippen MR) is 100 cm³/mol. The number of aliphatic hydroxyl groups excluding tert-OH is 1. The first-order valence-corrected chi connectivity index (χ1v) is 6.71. The highest BCUT2D eigenvalue weighted by atomic mass is 127. The first kappa shape index (κ1) is 18.2. The minimum Gasteiger partial charge on any atom is -0.457 e. The lowest BCUT2D eigenvalue weighted by molar-refractivity contribution is 0.204. The topological polar surface area (TPSA) is 79.9 Å². The number of ether oxygens (including phenoxy) is 1. The van der Waals surface area contributed by atoms with Gasteiger partial charge in [-0.05, 0) is 31.2 Å². The number of rotatable bonds is 5. The van der Waals surface area contributed by atoms with Gasteiger partial charge in [-0.3, -0.25) is 4.99 Å². The zero-order valence-electron chi connectivity index (χ0n) is 12.3. The molecule has 2 aromatic rings. The van der Waals surface area contributed by atoms with Crippen molar-refractivity contribution in [1.82, 2.24) is 0 Å². The number of hydrogen-bond donors (Lipinski definition) is 3. The number of anilines is 1. The van der Waals surface area contributed by atoms with Gasteiger partial charge in [-0.1, -0.05) is 24.3 Å². The maximum atomic E-state index is 9.17. The van der Waals surface area contributed by atoms with E-state index in [1.165, 1.54) is 0 Å². The Balaban J connectivity index is 0.00000242. The summed E-state index contributed by atoms with van der Waals surface area (Å²) < 4.78 is 5.74. The molecular weight excluding hydrogens is 393 g/mol. The van der Waals surface area contributed by atoms with E-state index in [1.807, 2.05) is 54.6 Å². The maximum absolute atomic E-state index is 9.17. The van der Waals surface area contributed by atoms with Crippen molar-refractivity contribution in [3.8, 4) is 11.5 Å². The molecule has 4 N–H and O–H groups in total. The summed E-state index contributed by atoms with van der Waals surface area (Å²) in [5, 5.41) is 12.1. The predicted octanol–water partition coefficient (Wildman–Crippen LogP) is 3.20. The molecule has 0 aliphatic heterocycles. The van der Waals surface area contributed by atoms with E-state index >= 15 is 0 Å². The van der Waals surface area contributed by atoms with Gasteiger partial charge in [-0.25, -0.2) is 0 Å². The molecular formula is C16H20IN3O2. The van der Waals surface area contributed by atoms with Crippen molar-refractivity contribution >= 4 is 35.6 Å². The van der Waals surface area contributed by atoms with Crippen LogP contribution < -0.4 is 15.8 Å². The summed E-state index contributed by atoms with van der Waals surface area (Å²) in [6.07, 6.45) is -0.516. The number of hydrogen-bond acceptors (Lipinski definition) is 3. The van der Waals surface area contributed by atoms with Crippen molar-refractivity contribution in [1.29, 1.82) is 0 Å². The van der Waals surface area contributed by atoms with Gasteiger partial charge in [-0.15, -0.1) is 24.0 Å². The standard InChI is InChI=1S/C16H19N3O2.HI/c1-12(20)11-18-16(17)19-13-6-5-9-15(10-13)21-14-7-3-2-4-8-14;/h2-10,12,20H,11H2,1H3,(H3,17,18,19);1H. The van der Waals surface area contributed by atoms with Gasteiger partial charge < -0.3 is 20.9 Å². The summed E-state index contributed by atoms with van der Waals surface area (Å²) in [6, 6.07) is 17.0. The van der Waals surface area contributed by atoms with Gasteiger partial charge in [0.1, 0.15) is 11.5 Å². The smallest absolute Gasteiger partial charge is 0.193 e. The molecule has 118 valence electrons. The molecule has 0 fully saturated rings. The van der Waals surface area contributed by atoms with Crippen molar-refractivity contribution in [2.75, 3.05) is 11.9 Å². The molecule has 0 aliphatic carbocycles. The van der Waals surface area contributed by atoms with Crippen LogP contribution in [-0.4, -0.2) is 23.7 Å². The lowest BCUT2D eigenvalue weighted by Crippen LogP contribution is -2.24. The molecule has 0 bridgehead atoms. The molecule has 0 radical (unpaired) electrons. The van der Waals surface area contributed by atoms with Gasteiger partial charge in [0.05, 0.1) is 12.6 Å². The van der Waals surface area contributed by atoms with Gasteiger partial charge in [-0.2, -0.15) is 0 Å². The van der Waals surface area contributed by atoms with E-state index in [0.717, 1.165) is 11.4 Å².